The second-order valence-corrected chi connectivity index (χ2v) is 7.25. The number of halogens is 1. The molecule has 2 amide bonds. The van der Waals surface area contributed by atoms with Gasteiger partial charge in [0.25, 0.3) is 11.8 Å². The van der Waals surface area contributed by atoms with Crippen LogP contribution in [0.15, 0.2) is 30.0 Å². The Bertz CT molecular complexity index is 692. The summed E-state index contributed by atoms with van der Waals surface area (Å²) in [4.78, 5) is 29.5. The maximum atomic E-state index is 13.2. The minimum atomic E-state index is -0.272. The van der Waals surface area contributed by atoms with Crippen LogP contribution in [0, 0.1) is 5.92 Å². The third-order valence-corrected chi connectivity index (χ3v) is 4.52. The number of benzene rings is 1. The molecule has 0 N–H and O–H groups in total. The third-order valence-electron chi connectivity index (χ3n) is 4.27. The van der Waals surface area contributed by atoms with Gasteiger partial charge in [0.1, 0.15) is 5.70 Å². The number of nitrogens with zero attached hydrogens (tertiary/aromatic N) is 2. The first-order valence-electron chi connectivity index (χ1n) is 8.99. The van der Waals surface area contributed by atoms with Crippen molar-refractivity contribution in [2.24, 2.45) is 5.92 Å². The lowest BCUT2D eigenvalue weighted by molar-refractivity contribution is -0.138. The van der Waals surface area contributed by atoms with E-state index < -0.39 is 0 Å². The van der Waals surface area contributed by atoms with Gasteiger partial charge in [0.05, 0.1) is 18.8 Å². The molecule has 0 radical (unpaired) electrons. The molecule has 1 aliphatic heterocycles. The van der Waals surface area contributed by atoms with E-state index in [1.807, 2.05) is 18.7 Å². The molecular formula is C20H27ClN2O4. The molecule has 0 aromatic heterocycles. The van der Waals surface area contributed by atoms with Crippen LogP contribution in [-0.4, -0.2) is 68.7 Å². The standard InChI is InChI=1S/C20H27ClN2O4/c1-14(2)13-23-19(24)17(15-5-7-16(21)8-6-15)18(20(23)25)22(9-11-26-3)10-12-27-4/h5-8,14H,9-13H2,1-4H3. The molecule has 0 bridgehead atoms. The first-order chi connectivity index (χ1) is 12.9. The molecule has 6 nitrogen and oxygen atoms in total. The first-order valence-corrected chi connectivity index (χ1v) is 9.37. The van der Waals surface area contributed by atoms with E-state index in [1.165, 1.54) is 4.90 Å². The molecule has 0 atom stereocenters. The molecule has 0 saturated carbocycles. The fraction of sp³-hybridized carbons (Fsp3) is 0.500. The molecule has 1 aliphatic rings. The number of amides is 2. The Labute approximate surface area is 165 Å². The first kappa shape index (κ1) is 21.4. The number of hydrogen-bond donors (Lipinski definition) is 0. The average Bonchev–Trinajstić information content (AvgIpc) is 2.87. The summed E-state index contributed by atoms with van der Waals surface area (Å²) < 4.78 is 10.4. The Morgan fingerprint density at radius 2 is 1.56 bits per heavy atom. The summed E-state index contributed by atoms with van der Waals surface area (Å²) in [6.45, 7) is 6.18. The van der Waals surface area contributed by atoms with E-state index in [2.05, 4.69) is 0 Å². The van der Waals surface area contributed by atoms with Crippen molar-refractivity contribution in [3.63, 3.8) is 0 Å². The lowest BCUT2D eigenvalue weighted by atomic mass is 10.0. The Hall–Kier alpha value is -1.89. The lowest BCUT2D eigenvalue weighted by Crippen LogP contribution is -2.39. The molecule has 27 heavy (non-hydrogen) atoms. The molecule has 2 rings (SSSR count). The van der Waals surface area contributed by atoms with E-state index in [0.717, 1.165) is 0 Å². The predicted molar refractivity (Wildman–Crippen MR) is 105 cm³/mol. The lowest BCUT2D eigenvalue weighted by Gasteiger charge is -2.26. The molecule has 7 heteroatoms. The number of hydrogen-bond acceptors (Lipinski definition) is 5. The van der Waals surface area contributed by atoms with Crippen LogP contribution in [0.1, 0.15) is 19.4 Å². The summed E-state index contributed by atoms with van der Waals surface area (Å²) in [6.07, 6.45) is 0. The number of rotatable bonds is 10. The number of carbonyl (C=O) groups excluding carboxylic acids is 2. The van der Waals surface area contributed by atoms with E-state index >= 15 is 0 Å². The summed E-state index contributed by atoms with van der Waals surface area (Å²) in [5, 5.41) is 0.576. The molecule has 1 aromatic carbocycles. The summed E-state index contributed by atoms with van der Waals surface area (Å²) in [6, 6.07) is 6.98. The van der Waals surface area contributed by atoms with Crippen molar-refractivity contribution in [3.8, 4) is 0 Å². The summed E-state index contributed by atoms with van der Waals surface area (Å²) in [7, 11) is 3.21. The molecule has 0 spiro atoms. The maximum Gasteiger partial charge on any atom is 0.277 e. The van der Waals surface area contributed by atoms with Crippen molar-refractivity contribution < 1.29 is 19.1 Å². The van der Waals surface area contributed by atoms with Crippen LogP contribution >= 0.6 is 11.6 Å². The zero-order valence-corrected chi connectivity index (χ0v) is 17.1. The quantitative estimate of drug-likeness (QED) is 0.571. The van der Waals surface area contributed by atoms with Crippen LogP contribution in [0.4, 0.5) is 0 Å². The van der Waals surface area contributed by atoms with Crippen LogP contribution in [0.25, 0.3) is 5.57 Å². The highest BCUT2D eigenvalue weighted by Crippen LogP contribution is 2.32. The van der Waals surface area contributed by atoms with Gasteiger partial charge in [-0.2, -0.15) is 0 Å². The normalized spacial score (nSPS) is 14.7. The molecule has 0 fully saturated rings. The molecule has 0 saturated heterocycles. The van der Waals surface area contributed by atoms with Crippen LogP contribution in [0.5, 0.6) is 0 Å². The topological polar surface area (TPSA) is 59.1 Å². The minimum absolute atomic E-state index is 0.176. The fourth-order valence-corrected chi connectivity index (χ4v) is 3.13. The number of ether oxygens (including phenoxy) is 2. The van der Waals surface area contributed by atoms with Gasteiger partial charge in [-0.15, -0.1) is 0 Å². The summed E-state index contributed by atoms with van der Waals surface area (Å²) in [5.74, 6) is -0.369. The van der Waals surface area contributed by atoms with E-state index in [0.29, 0.717) is 54.7 Å². The SMILES string of the molecule is COCCN(CCOC)C1=C(c2ccc(Cl)cc2)C(=O)N(CC(C)C)C1=O. The van der Waals surface area contributed by atoms with E-state index in [9.17, 15) is 9.59 Å². The molecule has 1 aromatic rings. The minimum Gasteiger partial charge on any atom is -0.383 e. The highest BCUT2D eigenvalue weighted by molar-refractivity contribution is 6.36. The summed E-state index contributed by atoms with van der Waals surface area (Å²) in [5.41, 5.74) is 1.49. The van der Waals surface area contributed by atoms with Crippen molar-refractivity contribution in [1.82, 2.24) is 9.80 Å². The number of carbonyl (C=O) groups is 2. The van der Waals surface area contributed by atoms with Crippen LogP contribution in [-0.2, 0) is 19.1 Å². The Morgan fingerprint density at radius 1 is 1.00 bits per heavy atom. The van der Waals surface area contributed by atoms with Crippen molar-refractivity contribution in [2.45, 2.75) is 13.8 Å². The second kappa shape index (κ2) is 9.88. The smallest absolute Gasteiger partial charge is 0.277 e. The molecule has 1 heterocycles. The number of methoxy groups -OCH3 is 2. The van der Waals surface area contributed by atoms with Crippen molar-refractivity contribution in [2.75, 3.05) is 47.1 Å². The average molecular weight is 395 g/mol. The van der Waals surface area contributed by atoms with Crippen molar-refractivity contribution >= 4 is 29.0 Å². The predicted octanol–water partition coefficient (Wildman–Crippen LogP) is 2.67. The molecule has 148 valence electrons. The monoisotopic (exact) mass is 394 g/mol. The van der Waals surface area contributed by atoms with Gasteiger partial charge in [0.15, 0.2) is 0 Å². The zero-order valence-electron chi connectivity index (χ0n) is 16.3. The Kier molecular flexibility index (Phi) is 7.83. The van der Waals surface area contributed by atoms with Gasteiger partial charge < -0.3 is 14.4 Å². The van der Waals surface area contributed by atoms with Gasteiger partial charge in [0.2, 0.25) is 0 Å². The molecule has 0 unspecified atom stereocenters. The summed E-state index contributed by atoms with van der Waals surface area (Å²) >= 11 is 6.00. The zero-order chi connectivity index (χ0) is 20.0. The van der Waals surface area contributed by atoms with Gasteiger partial charge in [-0.25, -0.2) is 0 Å². The van der Waals surface area contributed by atoms with E-state index in [4.69, 9.17) is 21.1 Å². The van der Waals surface area contributed by atoms with Gasteiger partial charge in [-0.05, 0) is 23.6 Å². The fourth-order valence-electron chi connectivity index (χ4n) is 3.00. The van der Waals surface area contributed by atoms with E-state index in [-0.39, 0.29) is 17.7 Å². The molecule has 0 aliphatic carbocycles. The Morgan fingerprint density at radius 3 is 2.04 bits per heavy atom. The van der Waals surface area contributed by atoms with Crippen LogP contribution in [0.2, 0.25) is 5.02 Å². The van der Waals surface area contributed by atoms with Gasteiger partial charge >= 0.3 is 0 Å². The highest BCUT2D eigenvalue weighted by atomic mass is 35.5. The van der Waals surface area contributed by atoms with Crippen LogP contribution in [0.3, 0.4) is 0 Å². The van der Waals surface area contributed by atoms with Crippen molar-refractivity contribution in [1.29, 1.82) is 0 Å². The van der Waals surface area contributed by atoms with Crippen LogP contribution < -0.4 is 0 Å². The maximum absolute atomic E-state index is 13.2. The van der Waals surface area contributed by atoms with Gasteiger partial charge in [-0.3, -0.25) is 14.5 Å². The van der Waals surface area contributed by atoms with E-state index in [1.54, 1.807) is 38.5 Å². The van der Waals surface area contributed by atoms with Gasteiger partial charge in [-0.1, -0.05) is 37.6 Å². The van der Waals surface area contributed by atoms with Gasteiger partial charge in [0, 0.05) is 38.9 Å². The largest absolute Gasteiger partial charge is 0.383 e. The highest BCUT2D eigenvalue weighted by Gasteiger charge is 2.41. The Balaban J connectivity index is 2.52. The second-order valence-electron chi connectivity index (χ2n) is 6.82. The van der Waals surface area contributed by atoms with Crippen molar-refractivity contribution in [3.05, 3.63) is 40.5 Å². The number of imide groups is 1. The third kappa shape index (κ3) is 5.09. The molecular weight excluding hydrogens is 368 g/mol.